The topological polar surface area (TPSA) is 66.7 Å². The number of hydrogen-bond acceptors (Lipinski definition) is 6. The number of nitrogens with zero attached hydrogens (tertiary/aromatic N) is 3. The summed E-state index contributed by atoms with van der Waals surface area (Å²) < 4.78 is 25.2. The lowest BCUT2D eigenvalue weighted by Crippen LogP contribution is -2.41. The molecule has 2 aromatic rings. The summed E-state index contributed by atoms with van der Waals surface area (Å²) in [6, 6.07) is 0. The summed E-state index contributed by atoms with van der Waals surface area (Å²) in [4.78, 5) is 7.72. The van der Waals surface area contributed by atoms with Crippen molar-refractivity contribution in [1.82, 2.24) is 14.7 Å². The van der Waals surface area contributed by atoms with Gasteiger partial charge in [-0.05, 0) is 6.54 Å². The first-order valence-corrected chi connectivity index (χ1v) is 9.41. The smallest absolute Gasteiger partial charge is 0.195 e. The Morgan fingerprint density at radius 1 is 1.40 bits per heavy atom. The Morgan fingerprint density at radius 3 is 2.85 bits per heavy atom. The van der Waals surface area contributed by atoms with Crippen LogP contribution in [-0.4, -0.2) is 48.9 Å². The van der Waals surface area contributed by atoms with Gasteiger partial charge in [-0.15, -0.1) is 11.3 Å². The van der Waals surface area contributed by atoms with Crippen molar-refractivity contribution in [3.05, 3.63) is 17.3 Å². The van der Waals surface area contributed by atoms with E-state index in [1.807, 2.05) is 11.6 Å². The van der Waals surface area contributed by atoms with Crippen LogP contribution in [-0.2, 0) is 16.4 Å². The average molecular weight is 314 g/mol. The average Bonchev–Trinajstić information content (AvgIpc) is 2.97. The van der Waals surface area contributed by atoms with Gasteiger partial charge >= 0.3 is 0 Å². The quantitative estimate of drug-likeness (QED) is 0.901. The molecule has 8 heteroatoms. The highest BCUT2D eigenvalue weighted by atomic mass is 32.2. The molecule has 0 atom stereocenters. The zero-order valence-corrected chi connectivity index (χ0v) is 13.0. The highest BCUT2D eigenvalue weighted by Crippen LogP contribution is 2.25. The molecule has 0 amide bonds. The summed E-state index contributed by atoms with van der Waals surface area (Å²) >= 11 is 1.60. The molecular weight excluding hydrogens is 296 g/mol. The maximum absolute atomic E-state index is 11.5. The molecule has 1 saturated heterocycles. The Kier molecular flexibility index (Phi) is 3.70. The number of fused-ring (bicyclic) bond motifs is 1. The lowest BCUT2D eigenvalue weighted by atomic mass is 10.3. The van der Waals surface area contributed by atoms with E-state index in [-0.39, 0.29) is 11.5 Å². The Bertz CT molecular complexity index is 690. The van der Waals surface area contributed by atoms with Gasteiger partial charge in [-0.25, -0.2) is 13.4 Å². The molecule has 1 aliphatic rings. The molecule has 0 aliphatic carbocycles. The summed E-state index contributed by atoms with van der Waals surface area (Å²) in [5.74, 6) is 1.37. The molecule has 1 N–H and O–H groups in total. The van der Waals surface area contributed by atoms with Crippen LogP contribution < -0.4 is 10.2 Å². The maximum atomic E-state index is 11.5. The SMILES string of the molecule is CCNCc1c(N2CCS(=O)(=O)CC2)nc2sccn12. The van der Waals surface area contributed by atoms with Gasteiger partial charge in [0.15, 0.2) is 20.6 Å². The van der Waals surface area contributed by atoms with Crippen LogP contribution in [0.1, 0.15) is 12.6 Å². The zero-order chi connectivity index (χ0) is 14.2. The Morgan fingerprint density at radius 2 is 2.15 bits per heavy atom. The highest BCUT2D eigenvalue weighted by Gasteiger charge is 2.26. The molecule has 0 saturated carbocycles. The third-order valence-electron chi connectivity index (χ3n) is 3.53. The predicted octanol–water partition coefficient (Wildman–Crippen LogP) is 0.740. The van der Waals surface area contributed by atoms with Crippen LogP contribution in [0, 0.1) is 0 Å². The molecule has 20 heavy (non-hydrogen) atoms. The minimum atomic E-state index is -2.86. The molecule has 0 spiro atoms. The van der Waals surface area contributed by atoms with Gasteiger partial charge in [0.1, 0.15) is 0 Å². The number of rotatable bonds is 4. The monoisotopic (exact) mass is 314 g/mol. The fraction of sp³-hybridized carbons (Fsp3) is 0.583. The van der Waals surface area contributed by atoms with Crippen LogP contribution in [0.2, 0.25) is 0 Å². The van der Waals surface area contributed by atoms with E-state index in [0.717, 1.165) is 29.6 Å². The molecule has 0 unspecified atom stereocenters. The molecular formula is C12H18N4O2S2. The van der Waals surface area contributed by atoms with Crippen molar-refractivity contribution in [3.63, 3.8) is 0 Å². The number of sulfone groups is 1. The van der Waals surface area contributed by atoms with E-state index in [9.17, 15) is 8.42 Å². The van der Waals surface area contributed by atoms with Crippen molar-refractivity contribution in [2.24, 2.45) is 0 Å². The van der Waals surface area contributed by atoms with E-state index < -0.39 is 9.84 Å². The summed E-state index contributed by atoms with van der Waals surface area (Å²) in [6.07, 6.45) is 2.02. The van der Waals surface area contributed by atoms with E-state index in [0.29, 0.717) is 13.1 Å². The largest absolute Gasteiger partial charge is 0.353 e. The van der Waals surface area contributed by atoms with Gasteiger partial charge < -0.3 is 10.2 Å². The Labute approximate surface area is 122 Å². The number of nitrogens with one attached hydrogen (secondary N) is 1. The summed E-state index contributed by atoms with van der Waals surface area (Å²) in [5.41, 5.74) is 1.11. The van der Waals surface area contributed by atoms with Crippen molar-refractivity contribution < 1.29 is 8.42 Å². The van der Waals surface area contributed by atoms with Gasteiger partial charge in [0.05, 0.1) is 17.2 Å². The lowest BCUT2D eigenvalue weighted by Gasteiger charge is -2.27. The molecule has 0 radical (unpaired) electrons. The molecule has 1 fully saturated rings. The second-order valence-corrected chi connectivity index (χ2v) is 8.03. The van der Waals surface area contributed by atoms with Crippen molar-refractivity contribution in [1.29, 1.82) is 0 Å². The third kappa shape index (κ3) is 2.55. The first kappa shape index (κ1) is 13.8. The van der Waals surface area contributed by atoms with Crippen LogP contribution in [0.15, 0.2) is 11.6 Å². The van der Waals surface area contributed by atoms with E-state index in [1.54, 1.807) is 11.3 Å². The number of imidazole rings is 1. The number of anilines is 1. The molecule has 1 aliphatic heterocycles. The van der Waals surface area contributed by atoms with Crippen LogP contribution in [0.3, 0.4) is 0 Å². The van der Waals surface area contributed by atoms with Crippen LogP contribution in [0.5, 0.6) is 0 Å². The second kappa shape index (κ2) is 5.34. The summed E-state index contributed by atoms with van der Waals surface area (Å²) in [7, 11) is -2.86. The normalized spacial score (nSPS) is 18.8. The van der Waals surface area contributed by atoms with E-state index >= 15 is 0 Å². The van der Waals surface area contributed by atoms with Crippen molar-refractivity contribution in [2.75, 3.05) is 36.0 Å². The molecule has 0 bridgehead atoms. The minimum absolute atomic E-state index is 0.221. The molecule has 0 aromatic carbocycles. The van der Waals surface area contributed by atoms with Gasteiger partial charge in [-0.2, -0.15) is 0 Å². The molecule has 6 nitrogen and oxygen atoms in total. The number of thiazole rings is 1. The fourth-order valence-electron chi connectivity index (χ4n) is 2.41. The van der Waals surface area contributed by atoms with Gasteiger partial charge in [0, 0.05) is 31.2 Å². The predicted molar refractivity (Wildman–Crippen MR) is 81.3 cm³/mol. The van der Waals surface area contributed by atoms with E-state index in [1.165, 1.54) is 0 Å². The van der Waals surface area contributed by atoms with Gasteiger partial charge in [-0.3, -0.25) is 4.40 Å². The van der Waals surface area contributed by atoms with Crippen LogP contribution in [0.25, 0.3) is 4.96 Å². The van der Waals surface area contributed by atoms with Gasteiger partial charge in [0.2, 0.25) is 0 Å². The first-order chi connectivity index (χ1) is 9.61. The maximum Gasteiger partial charge on any atom is 0.195 e. The van der Waals surface area contributed by atoms with Gasteiger partial charge in [-0.1, -0.05) is 6.92 Å². The molecule has 2 aromatic heterocycles. The molecule has 3 heterocycles. The standard InChI is InChI=1S/C12H18N4O2S2/c1-2-13-9-10-11(14-12-16(10)3-6-19-12)15-4-7-20(17,18)8-5-15/h3,6,13H,2,4-5,7-9H2,1H3. The van der Waals surface area contributed by atoms with Crippen LogP contribution >= 0.6 is 11.3 Å². The van der Waals surface area contributed by atoms with Crippen molar-refractivity contribution in [3.8, 4) is 0 Å². The van der Waals surface area contributed by atoms with Crippen molar-refractivity contribution in [2.45, 2.75) is 13.5 Å². The van der Waals surface area contributed by atoms with Crippen LogP contribution in [0.4, 0.5) is 5.82 Å². The molecule has 110 valence electrons. The summed E-state index contributed by atoms with van der Waals surface area (Å²) in [5, 5.41) is 5.34. The van der Waals surface area contributed by atoms with E-state index in [2.05, 4.69) is 26.5 Å². The second-order valence-electron chi connectivity index (χ2n) is 4.86. The summed E-state index contributed by atoms with van der Waals surface area (Å²) in [6.45, 7) is 4.77. The first-order valence-electron chi connectivity index (χ1n) is 6.71. The number of hydrogen-bond donors (Lipinski definition) is 1. The third-order valence-corrected chi connectivity index (χ3v) is 5.89. The lowest BCUT2D eigenvalue weighted by molar-refractivity contribution is 0.586. The van der Waals surface area contributed by atoms with Crippen molar-refractivity contribution >= 4 is 32.0 Å². The fourth-order valence-corrected chi connectivity index (χ4v) is 4.34. The Balaban J connectivity index is 1.92. The number of aromatic nitrogens is 2. The van der Waals surface area contributed by atoms with Gasteiger partial charge in [0.25, 0.3) is 0 Å². The highest BCUT2D eigenvalue weighted by molar-refractivity contribution is 7.91. The molecule has 3 rings (SSSR count). The Hall–Kier alpha value is -1.12. The zero-order valence-electron chi connectivity index (χ0n) is 11.4. The van der Waals surface area contributed by atoms with E-state index in [4.69, 9.17) is 0 Å². The minimum Gasteiger partial charge on any atom is -0.353 e.